The number of allylic oxidation sites excluding steroid dienone is 3. The van der Waals surface area contributed by atoms with Gasteiger partial charge >= 0.3 is 5.97 Å². The van der Waals surface area contributed by atoms with Gasteiger partial charge in [-0.25, -0.2) is 0 Å². The Morgan fingerprint density at radius 2 is 1.88 bits per heavy atom. The summed E-state index contributed by atoms with van der Waals surface area (Å²) in [5.74, 6) is -0.765. The first-order valence-corrected chi connectivity index (χ1v) is 5.31. The Morgan fingerprint density at radius 3 is 2.31 bits per heavy atom. The van der Waals surface area contributed by atoms with Gasteiger partial charge in [-0.1, -0.05) is 19.2 Å². The van der Waals surface area contributed by atoms with Crippen LogP contribution in [-0.4, -0.2) is 53.6 Å². The lowest BCUT2D eigenvalue weighted by Gasteiger charge is -2.35. The van der Waals surface area contributed by atoms with Gasteiger partial charge in [0.1, 0.15) is 0 Å². The predicted octanol–water partition coefficient (Wildman–Crippen LogP) is 0.944. The van der Waals surface area contributed by atoms with Gasteiger partial charge in [-0.2, -0.15) is 0 Å². The summed E-state index contributed by atoms with van der Waals surface area (Å²) in [5, 5.41) is 8.68. The van der Waals surface area contributed by atoms with Crippen molar-refractivity contribution in [1.82, 2.24) is 9.80 Å². The van der Waals surface area contributed by atoms with Crippen LogP contribution in [0.2, 0.25) is 0 Å². The van der Waals surface area contributed by atoms with Crippen molar-refractivity contribution in [2.24, 2.45) is 0 Å². The normalized spacial score (nSPS) is 18.2. The molecule has 88 valence electrons. The number of rotatable bonds is 5. The van der Waals surface area contributed by atoms with Crippen LogP contribution in [-0.2, 0) is 4.79 Å². The fourth-order valence-electron chi connectivity index (χ4n) is 1.78. The second kappa shape index (κ2) is 6.12. The molecule has 4 heteroatoms. The van der Waals surface area contributed by atoms with Gasteiger partial charge in [-0.15, -0.1) is 0 Å². The molecule has 0 aromatic rings. The Hall–Kier alpha value is -1.55. The van der Waals surface area contributed by atoms with Gasteiger partial charge in [0.15, 0.2) is 0 Å². The highest BCUT2D eigenvalue weighted by Gasteiger charge is 2.18. The highest BCUT2D eigenvalue weighted by Crippen LogP contribution is 2.10. The Morgan fingerprint density at radius 1 is 1.25 bits per heavy atom. The average Bonchev–Trinajstić information content (AvgIpc) is 2.26. The highest BCUT2D eigenvalue weighted by atomic mass is 16.4. The second-order valence-corrected chi connectivity index (χ2v) is 3.69. The number of aliphatic carboxylic acids is 1. The van der Waals surface area contributed by atoms with Gasteiger partial charge in [0.05, 0.1) is 6.54 Å². The van der Waals surface area contributed by atoms with E-state index in [1.54, 1.807) is 12.2 Å². The number of carbonyl (C=O) groups is 1. The third-order valence-electron chi connectivity index (χ3n) is 2.59. The molecule has 1 fully saturated rings. The number of nitrogens with zero attached hydrogens (tertiary/aromatic N) is 2. The zero-order valence-corrected chi connectivity index (χ0v) is 9.43. The molecule has 0 atom stereocenters. The van der Waals surface area contributed by atoms with Crippen molar-refractivity contribution in [3.8, 4) is 0 Å². The fraction of sp³-hybridized carbons (Fsp3) is 0.417. The molecule has 0 radical (unpaired) electrons. The molecule has 1 heterocycles. The van der Waals surface area contributed by atoms with Crippen molar-refractivity contribution in [2.75, 3.05) is 32.7 Å². The molecule has 1 aliphatic rings. The minimum Gasteiger partial charge on any atom is -0.480 e. The van der Waals surface area contributed by atoms with Gasteiger partial charge in [0.2, 0.25) is 0 Å². The van der Waals surface area contributed by atoms with Gasteiger partial charge in [-0.05, 0) is 12.2 Å². The number of hydrogen-bond donors (Lipinski definition) is 1. The summed E-state index contributed by atoms with van der Waals surface area (Å²) in [6.07, 6.45) is 5.45. The molecular formula is C12H18N2O2. The van der Waals surface area contributed by atoms with E-state index in [1.807, 2.05) is 11.0 Å². The molecule has 1 rings (SSSR count). The van der Waals surface area contributed by atoms with Crippen LogP contribution in [0.1, 0.15) is 0 Å². The molecule has 0 aliphatic carbocycles. The van der Waals surface area contributed by atoms with E-state index in [0.717, 1.165) is 31.9 Å². The van der Waals surface area contributed by atoms with Crippen LogP contribution >= 0.6 is 0 Å². The summed E-state index contributed by atoms with van der Waals surface area (Å²) in [7, 11) is 0. The Balaban J connectivity index is 2.47. The van der Waals surface area contributed by atoms with Crippen molar-refractivity contribution >= 4 is 5.97 Å². The zero-order valence-electron chi connectivity index (χ0n) is 9.43. The third kappa shape index (κ3) is 3.55. The van der Waals surface area contributed by atoms with Gasteiger partial charge in [0, 0.05) is 31.9 Å². The van der Waals surface area contributed by atoms with E-state index >= 15 is 0 Å². The van der Waals surface area contributed by atoms with Crippen LogP contribution in [0, 0.1) is 0 Å². The third-order valence-corrected chi connectivity index (χ3v) is 2.59. The van der Waals surface area contributed by atoms with Crippen LogP contribution < -0.4 is 0 Å². The van der Waals surface area contributed by atoms with Crippen LogP contribution in [0.4, 0.5) is 0 Å². The standard InChI is InChI=1S/C12H18N2O2/c1-3-5-11(4-2)14-8-6-13(7-9-14)10-12(15)16/h3-5H,1-2,6-10H2,(H,15,16)/b11-5+. The van der Waals surface area contributed by atoms with Crippen molar-refractivity contribution in [2.45, 2.75) is 0 Å². The molecule has 0 saturated carbocycles. The summed E-state index contributed by atoms with van der Waals surface area (Å²) in [6, 6.07) is 0. The highest BCUT2D eigenvalue weighted by molar-refractivity contribution is 5.69. The molecule has 0 spiro atoms. The Bertz CT molecular complexity index is 302. The lowest BCUT2D eigenvalue weighted by atomic mass is 10.2. The number of carboxylic acid groups (broad SMARTS) is 1. The van der Waals surface area contributed by atoms with E-state index in [9.17, 15) is 4.79 Å². The molecule has 0 unspecified atom stereocenters. The maximum Gasteiger partial charge on any atom is 0.317 e. The first-order valence-electron chi connectivity index (χ1n) is 5.31. The zero-order chi connectivity index (χ0) is 12.0. The first kappa shape index (κ1) is 12.5. The van der Waals surface area contributed by atoms with E-state index in [-0.39, 0.29) is 6.54 Å². The smallest absolute Gasteiger partial charge is 0.317 e. The predicted molar refractivity (Wildman–Crippen MR) is 64.1 cm³/mol. The number of hydrogen-bond acceptors (Lipinski definition) is 3. The summed E-state index contributed by atoms with van der Waals surface area (Å²) < 4.78 is 0. The summed E-state index contributed by atoms with van der Waals surface area (Å²) in [4.78, 5) is 14.7. The Labute approximate surface area is 96.2 Å². The minimum absolute atomic E-state index is 0.127. The summed E-state index contributed by atoms with van der Waals surface area (Å²) in [5.41, 5.74) is 1.05. The molecule has 1 N–H and O–H groups in total. The van der Waals surface area contributed by atoms with Crippen LogP contribution in [0.3, 0.4) is 0 Å². The van der Waals surface area contributed by atoms with E-state index < -0.39 is 5.97 Å². The lowest BCUT2D eigenvalue weighted by molar-refractivity contribution is -0.138. The van der Waals surface area contributed by atoms with Crippen LogP contribution in [0.15, 0.2) is 37.1 Å². The Kier molecular flexibility index (Phi) is 4.79. The molecule has 1 aliphatic heterocycles. The van der Waals surface area contributed by atoms with Gasteiger partial charge in [-0.3, -0.25) is 9.69 Å². The van der Waals surface area contributed by atoms with E-state index in [0.29, 0.717) is 0 Å². The molecule has 0 aromatic heterocycles. The maximum absolute atomic E-state index is 10.5. The molecule has 16 heavy (non-hydrogen) atoms. The van der Waals surface area contributed by atoms with Crippen molar-refractivity contribution in [3.05, 3.63) is 37.1 Å². The monoisotopic (exact) mass is 222 g/mol. The fourth-order valence-corrected chi connectivity index (χ4v) is 1.78. The maximum atomic E-state index is 10.5. The number of carboxylic acids is 1. The largest absolute Gasteiger partial charge is 0.480 e. The summed E-state index contributed by atoms with van der Waals surface area (Å²) >= 11 is 0. The molecule has 4 nitrogen and oxygen atoms in total. The minimum atomic E-state index is -0.765. The van der Waals surface area contributed by atoms with Crippen molar-refractivity contribution in [3.63, 3.8) is 0 Å². The van der Waals surface area contributed by atoms with Gasteiger partial charge in [0.25, 0.3) is 0 Å². The van der Waals surface area contributed by atoms with Crippen molar-refractivity contribution in [1.29, 1.82) is 0 Å². The van der Waals surface area contributed by atoms with E-state index in [2.05, 4.69) is 18.1 Å². The summed E-state index contributed by atoms with van der Waals surface area (Å²) in [6.45, 7) is 10.8. The molecule has 0 aromatic carbocycles. The first-order chi connectivity index (χ1) is 7.67. The van der Waals surface area contributed by atoms with Gasteiger partial charge < -0.3 is 10.0 Å². The van der Waals surface area contributed by atoms with E-state index in [4.69, 9.17) is 5.11 Å². The average molecular weight is 222 g/mol. The van der Waals surface area contributed by atoms with Crippen LogP contribution in [0.5, 0.6) is 0 Å². The van der Waals surface area contributed by atoms with Crippen LogP contribution in [0.25, 0.3) is 0 Å². The van der Waals surface area contributed by atoms with E-state index in [1.165, 1.54) is 0 Å². The molecule has 1 saturated heterocycles. The van der Waals surface area contributed by atoms with Crippen molar-refractivity contribution < 1.29 is 9.90 Å². The molecule has 0 amide bonds. The second-order valence-electron chi connectivity index (χ2n) is 3.69. The number of piperazine rings is 1. The topological polar surface area (TPSA) is 43.8 Å². The SMILES string of the molecule is C=C/C=C(\C=C)N1CCN(CC(=O)O)CC1. The molecule has 0 bridgehead atoms. The quantitative estimate of drug-likeness (QED) is 0.703. The lowest BCUT2D eigenvalue weighted by Crippen LogP contribution is -2.47. The molecular weight excluding hydrogens is 204 g/mol.